The second-order valence-electron chi connectivity index (χ2n) is 6.13. The number of nitrogens with one attached hydrogen (secondary N) is 2. The van der Waals surface area contributed by atoms with Crippen LogP contribution in [-0.2, 0) is 11.3 Å². The van der Waals surface area contributed by atoms with E-state index >= 15 is 0 Å². The monoisotopic (exact) mass is 547 g/mol. The minimum Gasteiger partial charge on any atom is -0.462 e. The molecule has 0 aliphatic heterocycles. The molecule has 30 heavy (non-hydrogen) atoms. The van der Waals surface area contributed by atoms with Crippen LogP contribution >= 0.6 is 35.3 Å². The van der Waals surface area contributed by atoms with Gasteiger partial charge in [-0.15, -0.1) is 35.3 Å². The first-order valence-corrected chi connectivity index (χ1v) is 10.1. The number of rotatable bonds is 8. The summed E-state index contributed by atoms with van der Waals surface area (Å²) in [4.78, 5) is 32.2. The van der Waals surface area contributed by atoms with Crippen molar-refractivity contribution in [1.29, 1.82) is 0 Å². The number of esters is 1. The molecule has 0 aliphatic carbocycles. The van der Waals surface area contributed by atoms with Crippen LogP contribution in [0.5, 0.6) is 0 Å². The fourth-order valence-electron chi connectivity index (χ4n) is 2.56. The van der Waals surface area contributed by atoms with Gasteiger partial charge in [-0.1, -0.05) is 18.2 Å². The topological polar surface area (TPSA) is 119 Å². The fourth-order valence-corrected chi connectivity index (χ4v) is 3.53. The van der Waals surface area contributed by atoms with E-state index in [-0.39, 0.29) is 48.2 Å². The summed E-state index contributed by atoms with van der Waals surface area (Å²) in [6.45, 7) is 8.46. The number of para-hydroxylation sites is 1. The highest BCUT2D eigenvalue weighted by molar-refractivity contribution is 14.0. The smallest absolute Gasteiger partial charge is 0.350 e. The second kappa shape index (κ2) is 12.4. The second-order valence-corrected chi connectivity index (χ2v) is 7.16. The molecule has 0 bridgehead atoms. The molecular formula is C19H26IN5O4S. The Morgan fingerprint density at radius 3 is 2.70 bits per heavy atom. The Labute approximate surface area is 196 Å². The predicted molar refractivity (Wildman–Crippen MR) is 128 cm³/mol. The van der Waals surface area contributed by atoms with Crippen molar-refractivity contribution in [3.8, 4) is 0 Å². The van der Waals surface area contributed by atoms with Crippen molar-refractivity contribution >= 4 is 52.9 Å². The lowest BCUT2D eigenvalue weighted by Crippen LogP contribution is -2.38. The third-order valence-electron chi connectivity index (χ3n) is 3.94. The Bertz CT molecular complexity index is 903. The Morgan fingerprint density at radius 1 is 1.37 bits per heavy atom. The highest BCUT2D eigenvalue weighted by Crippen LogP contribution is 2.24. The van der Waals surface area contributed by atoms with Crippen molar-refractivity contribution in [2.75, 3.05) is 13.2 Å². The fraction of sp³-hybridized carbons (Fsp3) is 0.421. The molecule has 0 spiro atoms. The quantitative estimate of drug-likeness (QED) is 0.128. The SMILES string of the molecule is CCNC(=NCc1ccccc1[N+](=O)[O-])NC(C)c1nc(C)c(C(=O)OCC)s1.I. The lowest BCUT2D eigenvalue weighted by Gasteiger charge is -2.16. The van der Waals surface area contributed by atoms with Crippen molar-refractivity contribution in [2.45, 2.75) is 40.3 Å². The number of aryl methyl sites for hydroxylation is 1. The van der Waals surface area contributed by atoms with Crippen molar-refractivity contribution in [1.82, 2.24) is 15.6 Å². The first-order valence-electron chi connectivity index (χ1n) is 9.28. The number of carbonyl (C=O) groups is 1. The van der Waals surface area contributed by atoms with Gasteiger partial charge in [-0.25, -0.2) is 14.8 Å². The molecule has 1 unspecified atom stereocenters. The van der Waals surface area contributed by atoms with Crippen LogP contribution in [0.25, 0.3) is 0 Å². The van der Waals surface area contributed by atoms with Gasteiger partial charge in [0.15, 0.2) is 5.96 Å². The van der Waals surface area contributed by atoms with Gasteiger partial charge in [0.25, 0.3) is 5.69 Å². The van der Waals surface area contributed by atoms with Crippen LogP contribution in [0.3, 0.4) is 0 Å². The third-order valence-corrected chi connectivity index (χ3v) is 5.26. The molecule has 1 heterocycles. The molecular weight excluding hydrogens is 521 g/mol. The van der Waals surface area contributed by atoms with Crippen LogP contribution in [0.1, 0.15) is 52.7 Å². The Kier molecular flexibility index (Phi) is 10.7. The number of hydrogen-bond donors (Lipinski definition) is 2. The number of nitrogens with zero attached hydrogens (tertiary/aromatic N) is 3. The van der Waals surface area contributed by atoms with Crippen LogP contribution < -0.4 is 10.6 Å². The number of benzene rings is 1. The molecule has 1 aromatic heterocycles. The Hall–Kier alpha value is -2.28. The maximum Gasteiger partial charge on any atom is 0.350 e. The largest absolute Gasteiger partial charge is 0.462 e. The minimum absolute atomic E-state index is 0. The van der Waals surface area contributed by atoms with Crippen LogP contribution in [0, 0.1) is 17.0 Å². The molecule has 164 valence electrons. The maximum absolute atomic E-state index is 12.0. The number of aliphatic imine (C=N–C) groups is 1. The number of nitro groups is 1. The van der Waals surface area contributed by atoms with E-state index in [0.717, 1.165) is 5.01 Å². The summed E-state index contributed by atoms with van der Waals surface area (Å²) < 4.78 is 5.06. The normalized spacial score (nSPS) is 11.9. The molecule has 1 atom stereocenters. The van der Waals surface area contributed by atoms with Gasteiger partial charge in [0, 0.05) is 12.6 Å². The summed E-state index contributed by atoms with van der Waals surface area (Å²) in [5.74, 6) is 0.126. The number of aromatic nitrogens is 1. The zero-order valence-electron chi connectivity index (χ0n) is 17.3. The molecule has 2 aromatic rings. The molecule has 11 heteroatoms. The number of ether oxygens (including phenoxy) is 1. The maximum atomic E-state index is 12.0. The highest BCUT2D eigenvalue weighted by Gasteiger charge is 2.20. The summed E-state index contributed by atoms with van der Waals surface area (Å²) in [6.07, 6.45) is 0. The molecule has 0 fully saturated rings. The summed E-state index contributed by atoms with van der Waals surface area (Å²) in [5.41, 5.74) is 1.19. The van der Waals surface area contributed by atoms with Gasteiger partial charge in [-0.3, -0.25) is 10.1 Å². The molecule has 0 amide bonds. The standard InChI is InChI=1S/C19H25N5O4S.HI/c1-5-20-19(21-11-14-9-7-8-10-15(14)24(26)27)23-13(4)17-22-12(3)16(29-17)18(25)28-6-2;/h7-10,13H,5-6,11H2,1-4H3,(H2,20,21,23);1H. The van der Waals surface area contributed by atoms with E-state index in [1.807, 2.05) is 13.8 Å². The number of hydrogen-bond acceptors (Lipinski definition) is 7. The lowest BCUT2D eigenvalue weighted by atomic mass is 10.2. The van der Waals surface area contributed by atoms with E-state index in [1.54, 1.807) is 32.0 Å². The van der Waals surface area contributed by atoms with Crippen LogP contribution in [0.4, 0.5) is 5.69 Å². The van der Waals surface area contributed by atoms with E-state index in [4.69, 9.17) is 4.74 Å². The van der Waals surface area contributed by atoms with Gasteiger partial charge in [-0.2, -0.15) is 0 Å². The van der Waals surface area contributed by atoms with Gasteiger partial charge in [0.1, 0.15) is 9.88 Å². The summed E-state index contributed by atoms with van der Waals surface area (Å²) >= 11 is 1.28. The molecule has 0 saturated heterocycles. The number of halogens is 1. The molecule has 1 aromatic carbocycles. The van der Waals surface area contributed by atoms with E-state index in [9.17, 15) is 14.9 Å². The van der Waals surface area contributed by atoms with Crippen molar-refractivity contribution in [3.05, 3.63) is 55.5 Å². The molecule has 0 aliphatic rings. The van der Waals surface area contributed by atoms with E-state index in [2.05, 4.69) is 20.6 Å². The first kappa shape index (κ1) is 25.8. The van der Waals surface area contributed by atoms with Crippen molar-refractivity contribution < 1.29 is 14.5 Å². The van der Waals surface area contributed by atoms with Crippen LogP contribution in [-0.4, -0.2) is 35.0 Å². The number of carbonyl (C=O) groups excluding carboxylic acids is 1. The molecule has 0 radical (unpaired) electrons. The summed E-state index contributed by atoms with van der Waals surface area (Å²) in [5, 5.41) is 18.2. The predicted octanol–water partition coefficient (Wildman–Crippen LogP) is 3.97. The summed E-state index contributed by atoms with van der Waals surface area (Å²) in [6, 6.07) is 6.30. The van der Waals surface area contributed by atoms with E-state index in [0.29, 0.717) is 35.2 Å². The summed E-state index contributed by atoms with van der Waals surface area (Å²) in [7, 11) is 0. The Balaban J connectivity index is 0.00000450. The van der Waals surface area contributed by atoms with Gasteiger partial charge >= 0.3 is 5.97 Å². The third kappa shape index (κ3) is 6.90. The molecule has 0 saturated carbocycles. The molecule has 2 rings (SSSR count). The molecule has 2 N–H and O–H groups in total. The van der Waals surface area contributed by atoms with Crippen LogP contribution in [0.2, 0.25) is 0 Å². The number of guanidine groups is 1. The zero-order valence-corrected chi connectivity index (χ0v) is 20.4. The van der Waals surface area contributed by atoms with E-state index in [1.165, 1.54) is 17.4 Å². The lowest BCUT2D eigenvalue weighted by molar-refractivity contribution is -0.385. The Morgan fingerprint density at radius 2 is 2.07 bits per heavy atom. The number of nitro benzene ring substituents is 1. The van der Waals surface area contributed by atoms with E-state index < -0.39 is 4.92 Å². The van der Waals surface area contributed by atoms with Gasteiger partial charge in [0.2, 0.25) is 0 Å². The van der Waals surface area contributed by atoms with Gasteiger partial charge < -0.3 is 15.4 Å². The van der Waals surface area contributed by atoms with Crippen molar-refractivity contribution in [3.63, 3.8) is 0 Å². The average molecular weight is 547 g/mol. The zero-order chi connectivity index (χ0) is 21.4. The van der Waals surface area contributed by atoms with Crippen LogP contribution in [0.15, 0.2) is 29.3 Å². The minimum atomic E-state index is -0.414. The van der Waals surface area contributed by atoms with Crippen molar-refractivity contribution in [2.24, 2.45) is 4.99 Å². The number of thiazole rings is 1. The highest BCUT2D eigenvalue weighted by atomic mass is 127. The van der Waals surface area contributed by atoms with Gasteiger partial charge in [-0.05, 0) is 27.7 Å². The average Bonchev–Trinajstić information content (AvgIpc) is 3.08. The molecule has 9 nitrogen and oxygen atoms in total. The first-order chi connectivity index (χ1) is 13.9. The van der Waals surface area contributed by atoms with Gasteiger partial charge in [0.05, 0.1) is 35.4 Å².